The quantitative estimate of drug-likeness (QED) is 0.728. The third-order valence-electron chi connectivity index (χ3n) is 4.57. The lowest BCUT2D eigenvalue weighted by Gasteiger charge is -2.04. The van der Waals surface area contributed by atoms with Gasteiger partial charge < -0.3 is 8.83 Å². The number of ketones is 1. The Labute approximate surface area is 139 Å². The predicted molar refractivity (Wildman–Crippen MR) is 97.8 cm³/mol. The Morgan fingerprint density at radius 2 is 2.00 bits per heavy atom. The third kappa shape index (κ3) is 2.01. The molecule has 0 saturated carbocycles. The van der Waals surface area contributed by atoms with Gasteiger partial charge in [-0.2, -0.15) is 0 Å². The van der Waals surface area contributed by atoms with Crippen LogP contribution in [0.5, 0.6) is 0 Å². The van der Waals surface area contributed by atoms with Crippen LogP contribution >= 0.6 is 0 Å². The highest BCUT2D eigenvalue weighted by molar-refractivity contribution is 6.15. The molecule has 2 aromatic heterocycles. The Balaban J connectivity index is 2.19. The van der Waals surface area contributed by atoms with E-state index >= 15 is 0 Å². The number of allylic oxidation sites excluding steroid dienone is 1. The number of hydrogen-bond donors (Lipinski definition) is 0. The van der Waals surface area contributed by atoms with Gasteiger partial charge >= 0.3 is 0 Å². The molecule has 4 rings (SSSR count). The maximum atomic E-state index is 12.0. The molecule has 0 fully saturated rings. The summed E-state index contributed by atoms with van der Waals surface area (Å²) in [4.78, 5) is 12.0. The molecule has 120 valence electrons. The maximum absolute atomic E-state index is 12.0. The van der Waals surface area contributed by atoms with Gasteiger partial charge in [0.2, 0.25) is 0 Å². The molecule has 3 heteroatoms. The molecular weight excluding hydrogens is 300 g/mol. The normalized spacial score (nSPS) is 14.3. The van der Waals surface area contributed by atoms with Crippen molar-refractivity contribution in [2.24, 2.45) is 0 Å². The van der Waals surface area contributed by atoms with Crippen LogP contribution in [0.4, 0.5) is 0 Å². The molecule has 24 heavy (non-hydrogen) atoms. The zero-order valence-corrected chi connectivity index (χ0v) is 13.8. The molecule has 1 aliphatic rings. The van der Waals surface area contributed by atoms with Crippen LogP contribution in [0.1, 0.15) is 38.0 Å². The fraction of sp³-hybridized carbons (Fsp3) is 0.190. The van der Waals surface area contributed by atoms with Gasteiger partial charge in [-0.1, -0.05) is 18.7 Å². The molecule has 0 unspecified atom stereocenters. The van der Waals surface area contributed by atoms with Crippen molar-refractivity contribution in [1.29, 1.82) is 0 Å². The fourth-order valence-electron chi connectivity index (χ4n) is 3.51. The highest BCUT2D eigenvalue weighted by atomic mass is 16.3. The van der Waals surface area contributed by atoms with E-state index in [-0.39, 0.29) is 5.78 Å². The van der Waals surface area contributed by atoms with Crippen LogP contribution in [-0.4, -0.2) is 5.78 Å². The first-order chi connectivity index (χ1) is 11.6. The smallest absolute Gasteiger partial charge is 0.156 e. The highest BCUT2D eigenvalue weighted by Crippen LogP contribution is 2.31. The van der Waals surface area contributed by atoms with Crippen LogP contribution in [-0.2, 0) is 4.79 Å². The average molecular weight is 318 g/mol. The maximum Gasteiger partial charge on any atom is 0.156 e. The largest absolute Gasteiger partial charge is 0.456 e. The number of benzene rings is 1. The number of furan rings is 2. The summed E-state index contributed by atoms with van der Waals surface area (Å²) in [7, 11) is 0. The van der Waals surface area contributed by atoms with Crippen LogP contribution in [0.25, 0.3) is 45.7 Å². The van der Waals surface area contributed by atoms with E-state index in [0.717, 1.165) is 62.3 Å². The summed E-state index contributed by atoms with van der Waals surface area (Å²) in [5, 5.41) is 2.90. The van der Waals surface area contributed by atoms with Crippen molar-refractivity contribution >= 4 is 51.5 Å². The van der Waals surface area contributed by atoms with Crippen molar-refractivity contribution in [3.05, 3.63) is 46.7 Å². The van der Waals surface area contributed by atoms with E-state index in [1.807, 2.05) is 25.1 Å². The number of carbonyl (C=O) groups excluding carboxylic acids is 1. The van der Waals surface area contributed by atoms with Crippen LogP contribution in [0, 0.1) is 0 Å². The van der Waals surface area contributed by atoms with Gasteiger partial charge in [0, 0.05) is 33.2 Å². The standard InChI is InChI=1S/C21H18O3/c1-4-7-17-13(5-2)15-10-16-20(11-19(15)23-17)24-18-9-6-8-14(12(3)22)21(16)18/h4-5,7,9-11H,2,6,8H2,1,3H3/b7-4-. The SMILES string of the molecule is C=Cc1c(/C=C\C)oc2cc3oc4c(c3cc12)=C(C(C)=O)CCC=4. The minimum atomic E-state index is 0.109. The summed E-state index contributed by atoms with van der Waals surface area (Å²) in [6.45, 7) is 7.49. The number of Topliss-reactive ketones (excluding diaryl/α,β-unsaturated/α-hetero) is 1. The predicted octanol–water partition coefficient (Wildman–Crippen LogP) is 4.17. The molecule has 0 spiro atoms. The Bertz CT molecular complexity index is 1150. The van der Waals surface area contributed by atoms with E-state index < -0.39 is 0 Å². The van der Waals surface area contributed by atoms with Crippen molar-refractivity contribution in [2.75, 3.05) is 0 Å². The van der Waals surface area contributed by atoms with Crippen LogP contribution in [0.2, 0.25) is 0 Å². The second kappa shape index (κ2) is 5.38. The molecule has 0 amide bonds. The molecular formula is C21H18O3. The molecule has 3 aromatic rings. The van der Waals surface area contributed by atoms with Gasteiger partial charge in [-0.15, -0.1) is 0 Å². The first-order valence-electron chi connectivity index (χ1n) is 8.12. The molecule has 0 N–H and O–H groups in total. The van der Waals surface area contributed by atoms with Gasteiger partial charge in [0.25, 0.3) is 0 Å². The number of hydrogen-bond acceptors (Lipinski definition) is 3. The summed E-state index contributed by atoms with van der Waals surface area (Å²) < 4.78 is 11.9. The second-order valence-electron chi connectivity index (χ2n) is 6.05. The van der Waals surface area contributed by atoms with Crippen molar-refractivity contribution in [2.45, 2.75) is 26.7 Å². The molecule has 3 nitrogen and oxygen atoms in total. The van der Waals surface area contributed by atoms with E-state index in [1.54, 1.807) is 13.0 Å². The number of fused-ring (bicyclic) bond motifs is 4. The molecule has 0 radical (unpaired) electrons. The lowest BCUT2D eigenvalue weighted by molar-refractivity contribution is -0.112. The summed E-state index contributed by atoms with van der Waals surface area (Å²) in [5.41, 5.74) is 4.12. The minimum Gasteiger partial charge on any atom is -0.456 e. The van der Waals surface area contributed by atoms with E-state index in [1.165, 1.54) is 0 Å². The van der Waals surface area contributed by atoms with E-state index in [4.69, 9.17) is 8.83 Å². The van der Waals surface area contributed by atoms with Crippen LogP contribution in [0.3, 0.4) is 0 Å². The van der Waals surface area contributed by atoms with Crippen molar-refractivity contribution in [3.63, 3.8) is 0 Å². The summed E-state index contributed by atoms with van der Waals surface area (Å²) >= 11 is 0. The Kier molecular flexibility index (Phi) is 3.31. The fourth-order valence-corrected chi connectivity index (χ4v) is 3.51. The first-order valence-corrected chi connectivity index (χ1v) is 8.12. The summed E-state index contributed by atoms with van der Waals surface area (Å²) in [6.07, 6.45) is 9.33. The van der Waals surface area contributed by atoms with Gasteiger partial charge in [0.1, 0.15) is 22.3 Å². The summed E-state index contributed by atoms with van der Waals surface area (Å²) in [5.74, 6) is 0.893. The summed E-state index contributed by atoms with van der Waals surface area (Å²) in [6, 6.07) is 3.97. The van der Waals surface area contributed by atoms with Crippen LogP contribution < -0.4 is 10.6 Å². The molecule has 1 aromatic carbocycles. The Hall–Kier alpha value is -2.81. The van der Waals surface area contributed by atoms with E-state index in [9.17, 15) is 4.79 Å². The molecule has 0 atom stereocenters. The Morgan fingerprint density at radius 1 is 1.21 bits per heavy atom. The highest BCUT2D eigenvalue weighted by Gasteiger charge is 2.18. The third-order valence-corrected chi connectivity index (χ3v) is 4.57. The molecule has 1 aliphatic carbocycles. The first kappa shape index (κ1) is 14.8. The van der Waals surface area contributed by atoms with Gasteiger partial charge in [-0.05, 0) is 44.9 Å². The second-order valence-corrected chi connectivity index (χ2v) is 6.05. The zero-order chi connectivity index (χ0) is 16.8. The molecule has 2 heterocycles. The monoisotopic (exact) mass is 318 g/mol. The molecule has 0 saturated heterocycles. The average Bonchev–Trinajstić information content (AvgIpc) is 3.09. The van der Waals surface area contributed by atoms with E-state index in [2.05, 4.69) is 18.7 Å². The zero-order valence-electron chi connectivity index (χ0n) is 13.8. The Morgan fingerprint density at radius 3 is 2.71 bits per heavy atom. The van der Waals surface area contributed by atoms with Crippen molar-refractivity contribution in [3.8, 4) is 0 Å². The van der Waals surface area contributed by atoms with E-state index in [0.29, 0.717) is 0 Å². The lowest BCUT2D eigenvalue weighted by atomic mass is 9.98. The van der Waals surface area contributed by atoms with Crippen molar-refractivity contribution < 1.29 is 13.6 Å². The van der Waals surface area contributed by atoms with Crippen LogP contribution in [0.15, 0.2) is 33.6 Å². The van der Waals surface area contributed by atoms with Gasteiger partial charge in [0.05, 0.1) is 0 Å². The van der Waals surface area contributed by atoms with Gasteiger partial charge in [-0.3, -0.25) is 4.79 Å². The number of rotatable bonds is 3. The topological polar surface area (TPSA) is 43.4 Å². The van der Waals surface area contributed by atoms with Crippen molar-refractivity contribution in [1.82, 2.24) is 0 Å². The lowest BCUT2D eigenvalue weighted by Crippen LogP contribution is -2.28. The molecule has 0 aliphatic heterocycles. The van der Waals surface area contributed by atoms with Gasteiger partial charge in [-0.25, -0.2) is 0 Å². The van der Waals surface area contributed by atoms with Gasteiger partial charge in [0.15, 0.2) is 5.78 Å². The minimum absolute atomic E-state index is 0.109. The molecule has 0 bridgehead atoms. The number of carbonyl (C=O) groups is 1.